The van der Waals surface area contributed by atoms with E-state index in [9.17, 15) is 18.0 Å². The second-order valence-corrected chi connectivity index (χ2v) is 3.46. The number of carbonyl (C=O) groups is 1. The van der Waals surface area contributed by atoms with Crippen LogP contribution >= 0.6 is 27.5 Å². The molecule has 0 aliphatic rings. The zero-order valence-corrected chi connectivity index (χ0v) is 8.74. The Kier molecular flexibility index (Phi) is 3.49. The summed E-state index contributed by atoms with van der Waals surface area (Å²) in [5, 5.41) is -1.22. The number of alkyl halides is 2. The van der Waals surface area contributed by atoms with E-state index in [1.54, 1.807) is 0 Å². The van der Waals surface area contributed by atoms with Crippen LogP contribution in [-0.4, -0.2) is 10.2 Å². The third-order valence-electron chi connectivity index (χ3n) is 1.38. The van der Waals surface area contributed by atoms with E-state index < -0.39 is 28.9 Å². The molecule has 0 aliphatic carbocycles. The maximum absolute atomic E-state index is 12.6. The van der Waals surface area contributed by atoms with E-state index in [0.717, 1.165) is 6.07 Å². The average Bonchev–Trinajstić information content (AvgIpc) is 2.01. The van der Waals surface area contributed by atoms with Crippen molar-refractivity contribution in [1.82, 2.24) is 4.98 Å². The highest BCUT2D eigenvalue weighted by molar-refractivity contribution is 9.10. The fourth-order valence-electron chi connectivity index (χ4n) is 0.852. The molecular weight excluding hydrogens is 286 g/mol. The third kappa shape index (κ3) is 2.24. The molecule has 0 radical (unpaired) electrons. The maximum atomic E-state index is 12.6. The van der Waals surface area contributed by atoms with E-state index in [-0.39, 0.29) is 4.47 Å². The Labute approximate surface area is 90.2 Å². The number of aromatic nitrogens is 1. The Morgan fingerprint density at radius 1 is 1.57 bits per heavy atom. The molecule has 0 fully saturated rings. The normalized spacial score (nSPS) is 10.7. The summed E-state index contributed by atoms with van der Waals surface area (Å²) < 4.78 is 37.2. The predicted molar refractivity (Wildman–Crippen MR) is 47.0 cm³/mol. The first-order chi connectivity index (χ1) is 6.43. The van der Waals surface area contributed by atoms with Gasteiger partial charge in [0.2, 0.25) is 5.95 Å². The second-order valence-electron chi connectivity index (χ2n) is 2.26. The summed E-state index contributed by atoms with van der Waals surface area (Å²) in [4.78, 5) is 13.7. The van der Waals surface area contributed by atoms with Crippen LogP contribution in [0.25, 0.3) is 0 Å². The van der Waals surface area contributed by atoms with Gasteiger partial charge in [-0.2, -0.15) is 4.39 Å². The lowest BCUT2D eigenvalue weighted by Crippen LogP contribution is -2.05. The van der Waals surface area contributed by atoms with Crippen LogP contribution in [-0.2, 0) is 0 Å². The van der Waals surface area contributed by atoms with Gasteiger partial charge in [-0.25, -0.2) is 13.8 Å². The third-order valence-corrected chi connectivity index (χ3v) is 2.22. The molecule has 0 bridgehead atoms. The first kappa shape index (κ1) is 11.5. The number of carbonyl (C=O) groups excluding carboxylic acids is 1. The van der Waals surface area contributed by atoms with E-state index in [1.165, 1.54) is 0 Å². The van der Waals surface area contributed by atoms with Crippen LogP contribution < -0.4 is 0 Å². The summed E-state index contributed by atoms with van der Waals surface area (Å²) in [6, 6.07) is 0.741. The molecule has 7 heteroatoms. The number of pyridine rings is 1. The quantitative estimate of drug-likeness (QED) is 0.617. The molecule has 1 heterocycles. The van der Waals surface area contributed by atoms with Crippen LogP contribution in [0.4, 0.5) is 13.2 Å². The summed E-state index contributed by atoms with van der Waals surface area (Å²) in [7, 11) is 0. The van der Waals surface area contributed by atoms with E-state index in [0.29, 0.717) is 0 Å². The van der Waals surface area contributed by atoms with Gasteiger partial charge in [0, 0.05) is 10.5 Å². The van der Waals surface area contributed by atoms with Gasteiger partial charge in [0.25, 0.3) is 11.7 Å². The van der Waals surface area contributed by atoms with E-state index in [4.69, 9.17) is 11.6 Å². The van der Waals surface area contributed by atoms with Crippen LogP contribution in [0.3, 0.4) is 0 Å². The molecule has 76 valence electrons. The van der Waals surface area contributed by atoms with Gasteiger partial charge in [0.1, 0.15) is 5.69 Å². The fraction of sp³-hybridized carbons (Fsp3) is 0.143. The lowest BCUT2D eigenvalue weighted by atomic mass is 10.2. The van der Waals surface area contributed by atoms with Crippen molar-refractivity contribution < 1.29 is 18.0 Å². The van der Waals surface area contributed by atoms with Crippen LogP contribution in [0.1, 0.15) is 22.5 Å². The van der Waals surface area contributed by atoms with Gasteiger partial charge >= 0.3 is 0 Å². The Balaban J connectivity index is 3.44. The lowest BCUT2D eigenvalue weighted by molar-refractivity contribution is 0.105. The van der Waals surface area contributed by atoms with E-state index in [2.05, 4.69) is 20.9 Å². The summed E-state index contributed by atoms with van der Waals surface area (Å²) in [5.41, 5.74) is -1.47. The highest BCUT2D eigenvalue weighted by Gasteiger charge is 2.23. The molecule has 1 aromatic heterocycles. The predicted octanol–water partition coefficient (Wildman–Crippen LogP) is 3.30. The topological polar surface area (TPSA) is 30.0 Å². The number of halogens is 5. The first-order valence-corrected chi connectivity index (χ1v) is 4.44. The fourth-order valence-corrected chi connectivity index (χ4v) is 1.55. The van der Waals surface area contributed by atoms with Crippen molar-refractivity contribution in [2.75, 3.05) is 0 Å². The van der Waals surface area contributed by atoms with Gasteiger partial charge < -0.3 is 0 Å². The Hall–Kier alpha value is -0.620. The van der Waals surface area contributed by atoms with Crippen LogP contribution in [0.2, 0.25) is 0 Å². The molecule has 1 rings (SSSR count). The molecule has 0 saturated carbocycles. The summed E-state index contributed by atoms with van der Waals surface area (Å²) >= 11 is 7.67. The second kappa shape index (κ2) is 4.27. The van der Waals surface area contributed by atoms with E-state index in [1.807, 2.05) is 0 Å². The minimum absolute atomic E-state index is 0.232. The summed E-state index contributed by atoms with van der Waals surface area (Å²) in [6.45, 7) is 0. The van der Waals surface area contributed by atoms with Gasteiger partial charge in [0.05, 0.1) is 5.56 Å². The van der Waals surface area contributed by atoms with Crippen molar-refractivity contribution in [1.29, 1.82) is 0 Å². The zero-order valence-electron chi connectivity index (χ0n) is 6.40. The molecule has 0 aromatic carbocycles. The monoisotopic (exact) mass is 287 g/mol. The van der Waals surface area contributed by atoms with Crippen molar-refractivity contribution in [3.8, 4) is 0 Å². The molecule has 0 spiro atoms. The maximum Gasteiger partial charge on any atom is 0.271 e. The largest absolute Gasteiger partial charge is 0.274 e. The van der Waals surface area contributed by atoms with Gasteiger partial charge in [0.15, 0.2) is 0 Å². The molecule has 14 heavy (non-hydrogen) atoms. The number of hydrogen-bond donors (Lipinski definition) is 0. The van der Waals surface area contributed by atoms with Crippen molar-refractivity contribution in [3.05, 3.63) is 27.7 Å². The van der Waals surface area contributed by atoms with Gasteiger partial charge in [-0.1, -0.05) is 15.9 Å². The van der Waals surface area contributed by atoms with Crippen LogP contribution in [0.15, 0.2) is 10.5 Å². The molecule has 1 aromatic rings. The highest BCUT2D eigenvalue weighted by atomic mass is 79.9. The molecule has 0 aliphatic heterocycles. The summed E-state index contributed by atoms with van der Waals surface area (Å²) in [5.74, 6) is -1.05. The molecule has 2 nitrogen and oxygen atoms in total. The van der Waals surface area contributed by atoms with Gasteiger partial charge in [-0.15, -0.1) is 0 Å². The standard InChI is InChI=1S/C7H2BrClF3NO/c8-2-1-3(10)13-5(6(9)14)4(2)7(11)12/h1,7H. The van der Waals surface area contributed by atoms with Gasteiger partial charge in [-0.3, -0.25) is 4.79 Å². The number of rotatable bonds is 2. The molecule has 0 saturated heterocycles. The lowest BCUT2D eigenvalue weighted by Gasteiger charge is -2.06. The Morgan fingerprint density at radius 2 is 2.14 bits per heavy atom. The van der Waals surface area contributed by atoms with Crippen molar-refractivity contribution in [3.63, 3.8) is 0 Å². The van der Waals surface area contributed by atoms with Crippen LogP contribution in [0, 0.1) is 5.95 Å². The highest BCUT2D eigenvalue weighted by Crippen LogP contribution is 2.30. The molecule has 0 unspecified atom stereocenters. The smallest absolute Gasteiger partial charge is 0.271 e. The van der Waals surface area contributed by atoms with E-state index >= 15 is 0 Å². The Morgan fingerprint density at radius 3 is 2.57 bits per heavy atom. The number of nitrogens with zero attached hydrogens (tertiary/aromatic N) is 1. The minimum Gasteiger partial charge on any atom is -0.274 e. The van der Waals surface area contributed by atoms with Crippen molar-refractivity contribution >= 4 is 32.8 Å². The SMILES string of the molecule is O=C(Cl)c1nc(F)cc(Br)c1C(F)F. The molecule has 0 atom stereocenters. The number of hydrogen-bond acceptors (Lipinski definition) is 2. The van der Waals surface area contributed by atoms with Crippen molar-refractivity contribution in [2.45, 2.75) is 6.43 Å². The van der Waals surface area contributed by atoms with Gasteiger partial charge in [-0.05, 0) is 11.6 Å². The average molecular weight is 288 g/mol. The van der Waals surface area contributed by atoms with Crippen LogP contribution in [0.5, 0.6) is 0 Å². The zero-order chi connectivity index (χ0) is 10.9. The van der Waals surface area contributed by atoms with Crippen molar-refractivity contribution in [2.24, 2.45) is 0 Å². The molecule has 0 amide bonds. The first-order valence-electron chi connectivity index (χ1n) is 3.27. The Bertz CT molecular complexity index is 385. The molecule has 0 N–H and O–H groups in total. The minimum atomic E-state index is -2.95. The molecular formula is C7H2BrClF3NO. The summed E-state index contributed by atoms with van der Waals surface area (Å²) in [6.07, 6.45) is -2.95.